The minimum atomic E-state index is 0.0376. The normalized spacial score (nSPS) is 22.1. The van der Waals surface area contributed by atoms with Gasteiger partial charge in [-0.2, -0.15) is 0 Å². The molecule has 0 aromatic carbocycles. The average Bonchev–Trinajstić information content (AvgIpc) is 2.26. The first-order valence-corrected chi connectivity index (χ1v) is 5.80. The molecule has 88 valence electrons. The highest BCUT2D eigenvalue weighted by Crippen LogP contribution is 2.11. The van der Waals surface area contributed by atoms with E-state index in [0.29, 0.717) is 6.61 Å². The van der Waals surface area contributed by atoms with E-state index in [4.69, 9.17) is 4.74 Å². The van der Waals surface area contributed by atoms with Crippen LogP contribution in [0.15, 0.2) is 0 Å². The van der Waals surface area contributed by atoms with Gasteiger partial charge in [-0.05, 0) is 25.8 Å². The van der Waals surface area contributed by atoms with Crippen LogP contribution >= 0.6 is 0 Å². The number of hydrogen-bond donors (Lipinski definition) is 1. The summed E-state index contributed by atoms with van der Waals surface area (Å²) in [5.41, 5.74) is 0. The number of ether oxygens (including phenoxy) is 1. The lowest BCUT2D eigenvalue weighted by Crippen LogP contribution is -2.51. The molecule has 15 heavy (non-hydrogen) atoms. The van der Waals surface area contributed by atoms with E-state index in [1.165, 1.54) is 0 Å². The highest BCUT2D eigenvalue weighted by atomic mass is 16.5. The predicted octanol–water partition coefficient (Wildman–Crippen LogP) is 0.623. The SMILES string of the molecule is CCCNC1CCCN(CCOC)C1=O. The van der Waals surface area contributed by atoms with Crippen LogP contribution in [-0.2, 0) is 9.53 Å². The quantitative estimate of drug-likeness (QED) is 0.705. The van der Waals surface area contributed by atoms with Crippen LogP contribution in [0.4, 0.5) is 0 Å². The maximum Gasteiger partial charge on any atom is 0.239 e. The summed E-state index contributed by atoms with van der Waals surface area (Å²) in [5.74, 6) is 0.242. The number of carbonyl (C=O) groups excluding carboxylic acids is 1. The van der Waals surface area contributed by atoms with Gasteiger partial charge in [0.15, 0.2) is 0 Å². The van der Waals surface area contributed by atoms with Crippen molar-refractivity contribution in [3.05, 3.63) is 0 Å². The van der Waals surface area contributed by atoms with Crippen LogP contribution < -0.4 is 5.32 Å². The molecule has 1 rings (SSSR count). The number of likely N-dealkylation sites (tertiary alicyclic amines) is 1. The van der Waals surface area contributed by atoms with Crippen molar-refractivity contribution in [1.82, 2.24) is 10.2 Å². The molecule has 0 radical (unpaired) electrons. The summed E-state index contributed by atoms with van der Waals surface area (Å²) in [5, 5.41) is 3.30. The predicted molar refractivity (Wildman–Crippen MR) is 59.8 cm³/mol. The van der Waals surface area contributed by atoms with E-state index in [0.717, 1.165) is 38.9 Å². The molecule has 1 fully saturated rings. The molecule has 0 saturated carbocycles. The molecule has 1 unspecified atom stereocenters. The third-order valence-corrected chi connectivity index (χ3v) is 2.74. The second kappa shape index (κ2) is 6.80. The van der Waals surface area contributed by atoms with Crippen molar-refractivity contribution in [3.63, 3.8) is 0 Å². The first-order chi connectivity index (χ1) is 7.29. The first-order valence-electron chi connectivity index (χ1n) is 5.80. The van der Waals surface area contributed by atoms with Crippen molar-refractivity contribution in [2.45, 2.75) is 32.2 Å². The van der Waals surface area contributed by atoms with Crippen molar-refractivity contribution in [3.8, 4) is 0 Å². The molecule has 1 aliphatic heterocycles. The zero-order valence-electron chi connectivity index (χ0n) is 9.79. The van der Waals surface area contributed by atoms with Gasteiger partial charge in [-0.25, -0.2) is 0 Å². The van der Waals surface area contributed by atoms with Crippen LogP contribution in [0.3, 0.4) is 0 Å². The highest BCUT2D eigenvalue weighted by molar-refractivity contribution is 5.82. The van der Waals surface area contributed by atoms with Gasteiger partial charge < -0.3 is 15.0 Å². The minimum absolute atomic E-state index is 0.0376. The number of carbonyl (C=O) groups is 1. The number of rotatable bonds is 6. The number of nitrogens with one attached hydrogen (secondary N) is 1. The second-order valence-corrected chi connectivity index (χ2v) is 3.97. The molecule has 1 atom stereocenters. The Morgan fingerprint density at radius 2 is 2.40 bits per heavy atom. The fraction of sp³-hybridized carbons (Fsp3) is 0.909. The number of methoxy groups -OCH3 is 1. The first kappa shape index (κ1) is 12.5. The zero-order valence-corrected chi connectivity index (χ0v) is 9.79. The Hall–Kier alpha value is -0.610. The molecule has 0 bridgehead atoms. The van der Waals surface area contributed by atoms with Gasteiger partial charge in [0.2, 0.25) is 5.91 Å². The second-order valence-electron chi connectivity index (χ2n) is 3.97. The van der Waals surface area contributed by atoms with E-state index in [2.05, 4.69) is 12.2 Å². The fourth-order valence-corrected chi connectivity index (χ4v) is 1.87. The van der Waals surface area contributed by atoms with E-state index in [-0.39, 0.29) is 11.9 Å². The topological polar surface area (TPSA) is 41.6 Å². The van der Waals surface area contributed by atoms with Crippen LogP contribution in [0.5, 0.6) is 0 Å². The Balaban J connectivity index is 2.36. The van der Waals surface area contributed by atoms with Gasteiger partial charge in [-0.3, -0.25) is 4.79 Å². The minimum Gasteiger partial charge on any atom is -0.383 e. The lowest BCUT2D eigenvalue weighted by atomic mass is 10.0. The van der Waals surface area contributed by atoms with Crippen molar-refractivity contribution < 1.29 is 9.53 Å². The molecule has 1 N–H and O–H groups in total. The summed E-state index contributed by atoms with van der Waals surface area (Å²) in [4.78, 5) is 13.8. The molecular weight excluding hydrogens is 192 g/mol. The lowest BCUT2D eigenvalue weighted by Gasteiger charge is -2.32. The van der Waals surface area contributed by atoms with Gasteiger partial charge in [0.25, 0.3) is 0 Å². The van der Waals surface area contributed by atoms with Crippen LogP contribution in [0.25, 0.3) is 0 Å². The smallest absolute Gasteiger partial charge is 0.239 e. The largest absolute Gasteiger partial charge is 0.383 e. The summed E-state index contributed by atoms with van der Waals surface area (Å²) >= 11 is 0. The number of hydrogen-bond acceptors (Lipinski definition) is 3. The summed E-state index contributed by atoms with van der Waals surface area (Å²) < 4.78 is 4.99. The number of nitrogens with zero attached hydrogens (tertiary/aromatic N) is 1. The molecule has 0 spiro atoms. The van der Waals surface area contributed by atoms with E-state index in [9.17, 15) is 4.79 Å². The third kappa shape index (κ3) is 3.80. The third-order valence-electron chi connectivity index (χ3n) is 2.74. The summed E-state index contributed by atoms with van der Waals surface area (Å²) in [7, 11) is 1.67. The lowest BCUT2D eigenvalue weighted by molar-refractivity contribution is -0.136. The van der Waals surface area contributed by atoms with Gasteiger partial charge in [0, 0.05) is 20.2 Å². The van der Waals surface area contributed by atoms with Crippen LogP contribution in [-0.4, -0.2) is 50.2 Å². The molecular formula is C11H22N2O2. The average molecular weight is 214 g/mol. The van der Waals surface area contributed by atoms with Crippen LogP contribution in [0, 0.1) is 0 Å². The molecule has 4 heteroatoms. The molecule has 1 amide bonds. The monoisotopic (exact) mass is 214 g/mol. The zero-order chi connectivity index (χ0) is 11.1. The Bertz CT molecular complexity index is 179. The van der Waals surface area contributed by atoms with Crippen LogP contribution in [0.2, 0.25) is 0 Å². The maximum absolute atomic E-state index is 11.9. The van der Waals surface area contributed by atoms with Crippen molar-refractivity contribution >= 4 is 5.91 Å². The van der Waals surface area contributed by atoms with E-state index < -0.39 is 0 Å². The van der Waals surface area contributed by atoms with Gasteiger partial charge >= 0.3 is 0 Å². The molecule has 1 heterocycles. The van der Waals surface area contributed by atoms with E-state index in [1.807, 2.05) is 4.90 Å². The molecule has 1 saturated heterocycles. The van der Waals surface area contributed by atoms with Crippen molar-refractivity contribution in [2.75, 3.05) is 33.4 Å². The fourth-order valence-electron chi connectivity index (χ4n) is 1.87. The van der Waals surface area contributed by atoms with Gasteiger partial charge in [-0.1, -0.05) is 6.92 Å². The molecule has 1 aliphatic rings. The Morgan fingerprint density at radius 1 is 1.60 bits per heavy atom. The summed E-state index contributed by atoms with van der Waals surface area (Å²) in [6.07, 6.45) is 3.14. The Labute approximate surface area is 92.0 Å². The molecule has 0 aliphatic carbocycles. The van der Waals surface area contributed by atoms with Crippen molar-refractivity contribution in [1.29, 1.82) is 0 Å². The summed E-state index contributed by atoms with van der Waals surface area (Å²) in [6, 6.07) is 0.0376. The standard InChI is InChI=1S/C11H22N2O2/c1-3-6-12-10-5-4-7-13(11(10)14)8-9-15-2/h10,12H,3-9H2,1-2H3. The van der Waals surface area contributed by atoms with Gasteiger partial charge in [0.05, 0.1) is 12.6 Å². The van der Waals surface area contributed by atoms with Crippen molar-refractivity contribution in [2.24, 2.45) is 0 Å². The van der Waals surface area contributed by atoms with Gasteiger partial charge in [0.1, 0.15) is 0 Å². The molecule has 4 nitrogen and oxygen atoms in total. The number of piperidine rings is 1. The van der Waals surface area contributed by atoms with Crippen LogP contribution in [0.1, 0.15) is 26.2 Å². The van der Waals surface area contributed by atoms with E-state index >= 15 is 0 Å². The number of amides is 1. The highest BCUT2D eigenvalue weighted by Gasteiger charge is 2.27. The molecule has 0 aromatic rings. The van der Waals surface area contributed by atoms with Gasteiger partial charge in [-0.15, -0.1) is 0 Å². The van der Waals surface area contributed by atoms with E-state index in [1.54, 1.807) is 7.11 Å². The Kier molecular flexibility index (Phi) is 5.65. The Morgan fingerprint density at radius 3 is 3.07 bits per heavy atom. The molecule has 0 aromatic heterocycles. The maximum atomic E-state index is 11.9. The summed E-state index contributed by atoms with van der Waals surface area (Å²) in [6.45, 7) is 5.27.